The molecule has 2 aromatic rings. The van der Waals surface area contributed by atoms with Gasteiger partial charge in [0.25, 0.3) is 0 Å². The van der Waals surface area contributed by atoms with Crippen LogP contribution in [0.25, 0.3) is 12.2 Å². The molecule has 0 aliphatic heterocycles. The number of benzene rings is 1. The number of hydrogen-bond acceptors (Lipinski definition) is 9. The van der Waals surface area contributed by atoms with Crippen LogP contribution in [0.5, 0.6) is 0 Å². The molecule has 0 saturated heterocycles. The van der Waals surface area contributed by atoms with Crippen LogP contribution in [0.1, 0.15) is 114 Å². The summed E-state index contributed by atoms with van der Waals surface area (Å²) >= 11 is 5.40. The highest BCUT2D eigenvalue weighted by atomic mass is 32.1. The first-order chi connectivity index (χ1) is 31.0. The van der Waals surface area contributed by atoms with Crippen LogP contribution in [0.3, 0.4) is 0 Å². The summed E-state index contributed by atoms with van der Waals surface area (Å²) in [6, 6.07) is 8.70. The van der Waals surface area contributed by atoms with Gasteiger partial charge in [0.1, 0.15) is 24.4 Å². The van der Waals surface area contributed by atoms with Crippen molar-refractivity contribution in [3.63, 3.8) is 0 Å². The van der Waals surface area contributed by atoms with Gasteiger partial charge in [-0.2, -0.15) is 0 Å². The minimum atomic E-state index is -1.50. The van der Waals surface area contributed by atoms with Crippen molar-refractivity contribution < 1.29 is 58.6 Å². The molecule has 0 spiro atoms. The predicted molar refractivity (Wildman–Crippen MR) is 250 cm³/mol. The molecule has 19 heteroatoms. The highest BCUT2D eigenvalue weighted by Crippen LogP contribution is 2.17. The van der Waals surface area contributed by atoms with Gasteiger partial charge < -0.3 is 51.9 Å². The summed E-state index contributed by atoms with van der Waals surface area (Å²) in [4.78, 5) is 84.3. The number of Topliss-reactive ketones (excluding diaryl/α,β-unsaturated/α-hetero) is 1. The molecule has 18 nitrogen and oxygen atoms in total. The molecule has 1 aromatic carbocycles. The van der Waals surface area contributed by atoms with E-state index in [2.05, 4.69) is 97.0 Å². The largest absolute Gasteiger partial charge is 0.481 e. The molecule has 9 N–H and O–H groups in total. The number of nitrogens with zero attached hydrogens (tertiary/aromatic N) is 2. The molecule has 2 rings (SSSR count). The molecule has 1 heterocycles. The zero-order chi connectivity index (χ0) is 48.0. The number of unbranched alkanes of at least 4 members (excludes halogenated alkanes) is 5. The van der Waals surface area contributed by atoms with E-state index in [1.54, 1.807) is 0 Å². The van der Waals surface area contributed by atoms with Crippen molar-refractivity contribution in [1.82, 2.24) is 26.6 Å². The number of urea groups is 1. The van der Waals surface area contributed by atoms with Gasteiger partial charge in [-0.3, -0.25) is 19.2 Å². The number of carbonyl (C=O) groups is 7. The van der Waals surface area contributed by atoms with Crippen LogP contribution in [0.4, 0.5) is 10.5 Å². The van der Waals surface area contributed by atoms with E-state index in [4.69, 9.17) is 22.4 Å². The fraction of sp³-hybridized carbons (Fsp3) is 0.543. The number of anilines is 1. The number of carboxylic acids is 4. The molecule has 65 heavy (non-hydrogen) atoms. The van der Waals surface area contributed by atoms with Gasteiger partial charge in [-0.15, -0.1) is 0 Å². The van der Waals surface area contributed by atoms with Crippen molar-refractivity contribution in [2.24, 2.45) is 5.92 Å². The van der Waals surface area contributed by atoms with Gasteiger partial charge in [0.15, 0.2) is 17.5 Å². The monoisotopic (exact) mass is 926 g/mol. The van der Waals surface area contributed by atoms with Crippen LogP contribution in [-0.4, -0.2) is 113 Å². The maximum Gasteiger partial charge on any atom is 0.326 e. The maximum atomic E-state index is 12.6. The van der Waals surface area contributed by atoms with E-state index in [-0.39, 0.29) is 50.3 Å². The lowest BCUT2D eigenvalue weighted by Gasteiger charge is -2.18. The van der Waals surface area contributed by atoms with E-state index in [0.717, 1.165) is 42.6 Å². The molecule has 0 aliphatic rings. The van der Waals surface area contributed by atoms with Crippen molar-refractivity contribution in [2.75, 3.05) is 38.6 Å². The molecule has 0 aliphatic carbocycles. The Morgan fingerprint density at radius 2 is 1.15 bits per heavy atom. The number of amides is 3. The first-order valence-corrected chi connectivity index (χ1v) is 22.7. The van der Waals surface area contributed by atoms with Crippen LogP contribution in [-0.2, 0) is 35.3 Å². The number of aryl methyl sites for hydroxylation is 1. The number of pyridine rings is 1. The molecule has 0 bridgehead atoms. The second kappa shape index (κ2) is 31.7. The van der Waals surface area contributed by atoms with Crippen molar-refractivity contribution >= 4 is 76.8 Å². The van der Waals surface area contributed by atoms with E-state index in [1.165, 1.54) is 0 Å². The van der Waals surface area contributed by atoms with Crippen LogP contribution in [0.15, 0.2) is 48.8 Å². The van der Waals surface area contributed by atoms with Crippen LogP contribution < -0.4 is 36.1 Å². The minimum absolute atomic E-state index is 0.00941. The summed E-state index contributed by atoms with van der Waals surface area (Å²) in [6.07, 6.45) is 14.1. The summed E-state index contributed by atoms with van der Waals surface area (Å²) in [5.74, 6) is -6.00. The summed E-state index contributed by atoms with van der Waals surface area (Å²) in [6.45, 7) is 2.43. The van der Waals surface area contributed by atoms with E-state index >= 15 is 0 Å². The number of carbonyl (C=O) groups excluding carboxylic acids is 3. The quantitative estimate of drug-likeness (QED) is 0.0264. The third-order valence-corrected chi connectivity index (χ3v) is 10.8. The van der Waals surface area contributed by atoms with E-state index in [1.807, 2.05) is 14.1 Å². The number of ketones is 1. The summed E-state index contributed by atoms with van der Waals surface area (Å²) in [5.41, 5.74) is 3.42. The van der Waals surface area contributed by atoms with Crippen LogP contribution >= 0.6 is 12.2 Å². The molecule has 0 saturated carbocycles. The van der Waals surface area contributed by atoms with Crippen LogP contribution in [0, 0.1) is 5.92 Å². The zero-order valence-electron chi connectivity index (χ0n) is 37.6. The van der Waals surface area contributed by atoms with Gasteiger partial charge in [0.2, 0.25) is 5.91 Å². The van der Waals surface area contributed by atoms with Crippen molar-refractivity contribution in [3.8, 4) is 0 Å². The first-order valence-electron chi connectivity index (χ1n) is 22.3. The zero-order valence-corrected chi connectivity index (χ0v) is 38.4. The Labute approximate surface area is 386 Å². The van der Waals surface area contributed by atoms with Gasteiger partial charge in [0, 0.05) is 83.7 Å². The number of thiocarbonyl (C=S) groups is 1. The lowest BCUT2D eigenvalue weighted by Crippen LogP contribution is -2.51. The highest BCUT2D eigenvalue weighted by Gasteiger charge is 2.25. The number of rotatable bonds is 34. The Morgan fingerprint density at radius 1 is 0.615 bits per heavy atom. The molecule has 3 amide bonds. The van der Waals surface area contributed by atoms with E-state index < -0.39 is 54.3 Å². The Hall–Kier alpha value is -6.11. The van der Waals surface area contributed by atoms with Gasteiger partial charge in [0.05, 0.1) is 5.92 Å². The summed E-state index contributed by atoms with van der Waals surface area (Å²) in [7, 11) is 4.04. The number of hydrogen-bond donors (Lipinski definition) is 9. The molecule has 1 aromatic heterocycles. The summed E-state index contributed by atoms with van der Waals surface area (Å²) < 4.78 is 2.13. The number of carboxylic acid groups (broad SMARTS) is 4. The molecule has 358 valence electrons. The lowest BCUT2D eigenvalue weighted by molar-refractivity contribution is -0.697. The maximum absolute atomic E-state index is 12.6. The fourth-order valence-corrected chi connectivity index (χ4v) is 6.83. The minimum Gasteiger partial charge on any atom is -0.481 e. The second-order valence-electron chi connectivity index (χ2n) is 16.1. The molecule has 1 unspecified atom stereocenters. The van der Waals surface area contributed by atoms with Crippen LogP contribution in [0.2, 0.25) is 0 Å². The summed E-state index contributed by atoms with van der Waals surface area (Å²) in [5, 5.41) is 51.0. The standard InChI is InChI=1S/C46H67N7O11S/c1-52(2)36-20-18-33(19-21-36)16-17-34-24-30-53(31-25-34)29-11-28-49-46(65)48-27-9-7-12-35(42(58)59)32-37(54)13-5-3-4-6-15-40(55)47-26-10-8-14-38(43(60)61)50-45(64)51-39(44(62)63)22-23-41(56)57/h16-21,24-25,30-31,35,38-39H,3-15,22-23,26-29,32H2,1-2H3,(H8-,47,48,49,50,51,55,56,57,58,59,60,61,62,63,64,65)/p+1/t35?,38-,39-/m0/s1. The van der Waals surface area contributed by atoms with Crippen molar-refractivity contribution in [1.29, 1.82) is 0 Å². The Kier molecular flexibility index (Phi) is 26.8. The Morgan fingerprint density at radius 3 is 1.72 bits per heavy atom. The predicted octanol–water partition coefficient (Wildman–Crippen LogP) is 4.59. The second-order valence-corrected chi connectivity index (χ2v) is 16.5. The van der Waals surface area contributed by atoms with E-state index in [9.17, 15) is 43.8 Å². The molecule has 0 fully saturated rings. The van der Waals surface area contributed by atoms with Crippen molar-refractivity contribution in [2.45, 2.75) is 121 Å². The fourth-order valence-electron chi connectivity index (χ4n) is 6.63. The molecular weight excluding hydrogens is 859 g/mol. The third-order valence-electron chi connectivity index (χ3n) is 10.5. The third kappa shape index (κ3) is 25.7. The normalized spacial score (nSPS) is 12.3. The lowest BCUT2D eigenvalue weighted by atomic mass is 9.94. The van der Waals surface area contributed by atoms with Gasteiger partial charge in [-0.1, -0.05) is 43.5 Å². The van der Waals surface area contributed by atoms with E-state index in [0.29, 0.717) is 63.1 Å². The highest BCUT2D eigenvalue weighted by molar-refractivity contribution is 7.80. The smallest absolute Gasteiger partial charge is 0.326 e. The first kappa shape index (κ1) is 55.0. The molecule has 0 radical (unpaired) electrons. The number of nitrogens with one attached hydrogen (secondary N) is 5. The molecular formula is C46H68N7O11S+. The Bertz CT molecular complexity index is 1860. The Balaban J connectivity index is 1.49. The van der Waals surface area contributed by atoms with Crippen molar-refractivity contribution in [3.05, 3.63) is 59.9 Å². The van der Waals surface area contributed by atoms with Gasteiger partial charge in [-0.25, -0.2) is 19.0 Å². The average Bonchev–Trinajstić information content (AvgIpc) is 3.26. The van der Waals surface area contributed by atoms with Gasteiger partial charge in [-0.05, 0) is 86.8 Å². The topological polar surface area (TPSA) is 268 Å². The van der Waals surface area contributed by atoms with Gasteiger partial charge >= 0.3 is 29.9 Å². The number of aromatic nitrogens is 1. The number of aliphatic carboxylic acids is 4. The SMILES string of the molecule is CN(C)c1ccc(/C=C/c2cc[n+](CCCNC(=S)NCCCCC(CC(=O)CCCCCCC(=O)NCCCC[C@H](NC(=O)N[C@@H](CCC(=O)O)C(=O)O)C(=O)O)C(=O)O)cc2)cc1. The molecule has 3 atom stereocenters. The average molecular weight is 927 g/mol.